The van der Waals surface area contributed by atoms with Crippen LogP contribution in [0.5, 0.6) is 0 Å². The van der Waals surface area contributed by atoms with Crippen LogP contribution in [-0.2, 0) is 12.8 Å². The first kappa shape index (κ1) is 21.2. The van der Waals surface area contributed by atoms with Crippen molar-refractivity contribution >= 4 is 34.1 Å². The molecule has 6 nitrogen and oxygen atoms in total. The van der Waals surface area contributed by atoms with Gasteiger partial charge in [0.05, 0.1) is 21.6 Å². The van der Waals surface area contributed by atoms with Gasteiger partial charge in [-0.15, -0.1) is 0 Å². The highest BCUT2D eigenvalue weighted by molar-refractivity contribution is 6.33. The number of rotatable bonds is 3. The summed E-state index contributed by atoms with van der Waals surface area (Å²) < 4.78 is 1.06. The second kappa shape index (κ2) is 8.37. The Morgan fingerprint density at radius 3 is 2.64 bits per heavy atom. The summed E-state index contributed by atoms with van der Waals surface area (Å²) in [7, 11) is 0. The van der Waals surface area contributed by atoms with Crippen molar-refractivity contribution in [1.29, 1.82) is 0 Å². The van der Waals surface area contributed by atoms with E-state index in [-0.39, 0.29) is 10.9 Å². The van der Waals surface area contributed by atoms with E-state index in [1.54, 1.807) is 41.3 Å². The number of amides is 1. The van der Waals surface area contributed by atoms with Gasteiger partial charge in [0, 0.05) is 17.8 Å². The summed E-state index contributed by atoms with van der Waals surface area (Å²) in [5.74, 6) is -0.148. The van der Waals surface area contributed by atoms with Crippen molar-refractivity contribution in [2.75, 3.05) is 11.4 Å². The van der Waals surface area contributed by atoms with Crippen LogP contribution in [0.4, 0.5) is 5.69 Å². The van der Waals surface area contributed by atoms with E-state index in [0.717, 1.165) is 28.7 Å². The number of aryl methyl sites for hydroxylation is 2. The van der Waals surface area contributed by atoms with Crippen LogP contribution in [0.3, 0.4) is 0 Å². The monoisotopic (exact) mass is 459 g/mol. The number of H-pyrrole nitrogens is 1. The van der Waals surface area contributed by atoms with Crippen LogP contribution < -0.4 is 16.1 Å². The molecule has 4 aromatic rings. The van der Waals surface area contributed by atoms with E-state index in [9.17, 15) is 14.4 Å². The Labute approximate surface area is 195 Å². The summed E-state index contributed by atoms with van der Waals surface area (Å²) in [6.07, 6.45) is 2.32. The van der Waals surface area contributed by atoms with Crippen LogP contribution in [-0.4, -0.2) is 22.0 Å². The zero-order valence-electron chi connectivity index (χ0n) is 18.1. The molecule has 1 amide bonds. The number of hydrogen-bond donors (Lipinski definition) is 1. The molecule has 0 spiro atoms. The third-order valence-corrected chi connectivity index (χ3v) is 6.44. The number of aromatic nitrogens is 2. The van der Waals surface area contributed by atoms with Gasteiger partial charge < -0.3 is 9.88 Å². The topological polar surface area (TPSA) is 75.2 Å². The lowest BCUT2D eigenvalue weighted by atomic mass is 9.99. The number of benzene rings is 3. The molecule has 1 aliphatic heterocycles. The van der Waals surface area contributed by atoms with E-state index in [0.29, 0.717) is 40.7 Å². The van der Waals surface area contributed by atoms with Crippen molar-refractivity contribution in [1.82, 2.24) is 9.55 Å². The van der Waals surface area contributed by atoms with Crippen LogP contribution in [0.1, 0.15) is 34.8 Å². The molecule has 1 N–H and O–H groups in total. The first-order valence-electron chi connectivity index (χ1n) is 11.0. The van der Waals surface area contributed by atoms with Gasteiger partial charge in [0.25, 0.3) is 11.5 Å². The van der Waals surface area contributed by atoms with E-state index in [1.165, 1.54) is 0 Å². The van der Waals surface area contributed by atoms with E-state index in [2.05, 4.69) is 4.98 Å². The van der Waals surface area contributed by atoms with E-state index in [1.807, 2.05) is 31.2 Å². The van der Waals surface area contributed by atoms with Gasteiger partial charge in [-0.2, -0.15) is 0 Å². The second-order valence-electron chi connectivity index (χ2n) is 8.12. The molecule has 7 heteroatoms. The second-order valence-corrected chi connectivity index (χ2v) is 8.53. The molecule has 0 atom stereocenters. The summed E-state index contributed by atoms with van der Waals surface area (Å²) in [6.45, 7) is 2.53. The van der Waals surface area contributed by atoms with Crippen molar-refractivity contribution in [2.45, 2.75) is 26.2 Å². The number of para-hydroxylation sites is 2. The summed E-state index contributed by atoms with van der Waals surface area (Å²) in [6, 6.07) is 18.0. The summed E-state index contributed by atoms with van der Waals surface area (Å²) in [5, 5.41) is 0.575. The Morgan fingerprint density at radius 1 is 1.06 bits per heavy atom. The molecule has 1 aromatic heterocycles. The lowest BCUT2D eigenvalue weighted by Gasteiger charge is -2.30. The predicted octanol–water partition coefficient (Wildman–Crippen LogP) is 4.49. The first-order valence-corrected chi connectivity index (χ1v) is 11.3. The number of anilines is 1. The molecule has 0 fully saturated rings. The smallest absolute Gasteiger partial charge is 0.308 e. The average Bonchev–Trinajstić information content (AvgIpc) is 2.84. The number of fused-ring (bicyclic) bond motifs is 2. The molecular weight excluding hydrogens is 438 g/mol. The van der Waals surface area contributed by atoms with Gasteiger partial charge in [0.2, 0.25) is 0 Å². The lowest BCUT2D eigenvalue weighted by molar-refractivity contribution is 0.0985. The van der Waals surface area contributed by atoms with Gasteiger partial charge >= 0.3 is 5.69 Å². The van der Waals surface area contributed by atoms with Crippen LogP contribution in [0.15, 0.2) is 70.3 Å². The molecule has 0 saturated heterocycles. The highest BCUT2D eigenvalue weighted by Crippen LogP contribution is 2.31. The molecule has 0 saturated carbocycles. The van der Waals surface area contributed by atoms with Crippen LogP contribution in [0.25, 0.3) is 16.6 Å². The maximum atomic E-state index is 13.5. The maximum Gasteiger partial charge on any atom is 0.333 e. The summed E-state index contributed by atoms with van der Waals surface area (Å²) in [5.41, 5.74) is 2.90. The average molecular weight is 460 g/mol. The third kappa shape index (κ3) is 3.56. The number of carbonyl (C=O) groups is 1. The predicted molar refractivity (Wildman–Crippen MR) is 131 cm³/mol. The quantitative estimate of drug-likeness (QED) is 0.490. The molecule has 0 aliphatic carbocycles. The zero-order chi connectivity index (χ0) is 23.1. The first-order chi connectivity index (χ1) is 16.0. The molecule has 5 rings (SSSR count). The minimum absolute atomic E-state index is 0.148. The highest BCUT2D eigenvalue weighted by Gasteiger charge is 2.25. The fourth-order valence-electron chi connectivity index (χ4n) is 4.57. The van der Waals surface area contributed by atoms with Crippen molar-refractivity contribution in [2.24, 2.45) is 0 Å². The maximum absolute atomic E-state index is 13.5. The Hall–Kier alpha value is -3.64. The van der Waals surface area contributed by atoms with E-state index in [4.69, 9.17) is 11.6 Å². The van der Waals surface area contributed by atoms with E-state index < -0.39 is 11.2 Å². The van der Waals surface area contributed by atoms with Gasteiger partial charge in [-0.3, -0.25) is 9.59 Å². The fourth-order valence-corrected chi connectivity index (χ4v) is 4.89. The number of halogens is 1. The molecular formula is C26H22ClN3O3. The van der Waals surface area contributed by atoms with Crippen LogP contribution in [0, 0.1) is 0 Å². The zero-order valence-corrected chi connectivity index (χ0v) is 18.9. The van der Waals surface area contributed by atoms with Crippen LogP contribution >= 0.6 is 11.6 Å². The van der Waals surface area contributed by atoms with E-state index >= 15 is 0 Å². The number of aromatic amines is 1. The van der Waals surface area contributed by atoms with Gasteiger partial charge in [-0.1, -0.05) is 48.9 Å². The largest absolute Gasteiger partial charge is 0.333 e. The molecule has 3 aromatic carbocycles. The van der Waals surface area contributed by atoms with Gasteiger partial charge in [-0.25, -0.2) is 9.36 Å². The molecule has 1 aliphatic rings. The molecule has 0 radical (unpaired) electrons. The summed E-state index contributed by atoms with van der Waals surface area (Å²) in [4.78, 5) is 44.0. The minimum atomic E-state index is -0.570. The summed E-state index contributed by atoms with van der Waals surface area (Å²) >= 11 is 6.64. The highest BCUT2D eigenvalue weighted by atomic mass is 35.5. The number of carbonyl (C=O) groups excluding carboxylic acids is 1. The Morgan fingerprint density at radius 2 is 1.82 bits per heavy atom. The van der Waals surface area contributed by atoms with Crippen molar-refractivity contribution in [3.05, 3.63) is 103 Å². The molecule has 166 valence electrons. The Balaban J connectivity index is 1.65. The van der Waals surface area contributed by atoms with Crippen molar-refractivity contribution < 1.29 is 4.79 Å². The normalized spacial score (nSPS) is 13.2. The fraction of sp³-hybridized carbons (Fsp3) is 0.192. The van der Waals surface area contributed by atoms with Gasteiger partial charge in [-0.05, 0) is 60.7 Å². The third-order valence-electron chi connectivity index (χ3n) is 6.15. The van der Waals surface area contributed by atoms with Gasteiger partial charge in [0.1, 0.15) is 0 Å². The standard InChI is InChI=1S/C26H22ClN3O3/c1-2-16-14-18(24(31)29-13-7-9-17-8-3-6-12-22(17)29)15-20(27)23(16)30-25(32)19-10-4-5-11-21(19)28-26(30)33/h3-6,8,10-12,14-15H,2,7,9,13H2,1H3,(H,28,33). The lowest BCUT2D eigenvalue weighted by Crippen LogP contribution is -2.36. The molecule has 0 unspecified atom stereocenters. The molecule has 0 bridgehead atoms. The van der Waals surface area contributed by atoms with Gasteiger partial charge in [0.15, 0.2) is 0 Å². The molecule has 33 heavy (non-hydrogen) atoms. The van der Waals surface area contributed by atoms with Crippen molar-refractivity contribution in [3.8, 4) is 5.69 Å². The number of nitrogens with one attached hydrogen (secondary N) is 1. The Kier molecular flexibility index (Phi) is 5.38. The number of nitrogens with zero attached hydrogens (tertiary/aromatic N) is 2. The SMILES string of the molecule is CCc1cc(C(=O)N2CCCc3ccccc32)cc(Cl)c1-n1c(=O)[nH]c2ccccc2c1=O. The Bertz CT molecular complexity index is 1520. The van der Waals surface area contributed by atoms with Crippen LogP contribution in [0.2, 0.25) is 5.02 Å². The van der Waals surface area contributed by atoms with Crippen molar-refractivity contribution in [3.63, 3.8) is 0 Å². The minimum Gasteiger partial charge on any atom is -0.308 e. The number of hydrogen-bond acceptors (Lipinski definition) is 3. The molecule has 2 heterocycles.